The summed E-state index contributed by atoms with van der Waals surface area (Å²) in [5.41, 5.74) is 2.63. The Kier molecular flexibility index (Phi) is 5.10. The third-order valence-corrected chi connectivity index (χ3v) is 4.96. The molecule has 1 aliphatic rings. The van der Waals surface area contributed by atoms with Gasteiger partial charge in [-0.05, 0) is 54.5 Å². The van der Waals surface area contributed by atoms with Crippen molar-refractivity contribution >= 4 is 40.9 Å². The average Bonchev–Trinajstić information content (AvgIpc) is 3.21. The summed E-state index contributed by atoms with van der Waals surface area (Å²) >= 11 is 5.23. The van der Waals surface area contributed by atoms with Crippen molar-refractivity contribution in [2.75, 3.05) is 4.90 Å². The van der Waals surface area contributed by atoms with Crippen molar-refractivity contribution in [1.82, 2.24) is 5.32 Å². The van der Waals surface area contributed by atoms with E-state index in [4.69, 9.17) is 16.6 Å². The van der Waals surface area contributed by atoms with E-state index in [1.54, 1.807) is 12.1 Å². The Morgan fingerprint density at radius 1 is 1.00 bits per heavy atom. The molecule has 0 saturated carbocycles. The minimum absolute atomic E-state index is 0.0351. The van der Waals surface area contributed by atoms with Crippen LogP contribution in [-0.4, -0.2) is 16.9 Å². The van der Waals surface area contributed by atoms with Gasteiger partial charge in [-0.15, -0.1) is 0 Å². The molecule has 29 heavy (non-hydrogen) atoms. The number of anilines is 1. The smallest absolute Gasteiger partial charge is 0.270 e. The van der Waals surface area contributed by atoms with Crippen LogP contribution in [-0.2, 0) is 16.0 Å². The molecule has 1 aromatic heterocycles. The molecule has 0 aliphatic carbocycles. The number of thiocarbonyl (C=S) groups is 1. The summed E-state index contributed by atoms with van der Waals surface area (Å²) in [7, 11) is 0. The standard InChI is InChI=1S/C23H18N2O3S/c1-2-15-8-10-17(11-9-15)25-22(27)19(21(26)24-23(25)29)14-18-12-13-20(28-18)16-6-4-3-5-7-16/h3-14H,2H2,1H3,(H,24,26,29)/b19-14+. The molecule has 2 aromatic carbocycles. The molecular weight excluding hydrogens is 384 g/mol. The first-order chi connectivity index (χ1) is 14.1. The Hall–Kier alpha value is -3.51. The van der Waals surface area contributed by atoms with Crippen molar-refractivity contribution in [1.29, 1.82) is 0 Å². The lowest BCUT2D eigenvalue weighted by Gasteiger charge is -2.28. The number of nitrogens with zero attached hydrogens (tertiary/aromatic N) is 1. The highest BCUT2D eigenvalue weighted by Crippen LogP contribution is 2.26. The van der Waals surface area contributed by atoms with E-state index in [0.29, 0.717) is 17.2 Å². The third-order valence-electron chi connectivity index (χ3n) is 4.68. The molecule has 144 valence electrons. The highest BCUT2D eigenvalue weighted by atomic mass is 32.1. The molecule has 0 radical (unpaired) electrons. The zero-order valence-corrected chi connectivity index (χ0v) is 16.5. The van der Waals surface area contributed by atoms with E-state index < -0.39 is 11.8 Å². The number of hydrogen-bond acceptors (Lipinski definition) is 4. The molecule has 0 unspecified atom stereocenters. The summed E-state index contributed by atoms with van der Waals surface area (Å²) in [6.07, 6.45) is 2.34. The Labute approximate surface area is 173 Å². The van der Waals surface area contributed by atoms with Gasteiger partial charge in [0.25, 0.3) is 11.8 Å². The minimum Gasteiger partial charge on any atom is -0.457 e. The van der Waals surface area contributed by atoms with Crippen LogP contribution in [0.5, 0.6) is 0 Å². The number of hydrogen-bond donors (Lipinski definition) is 1. The average molecular weight is 402 g/mol. The van der Waals surface area contributed by atoms with E-state index >= 15 is 0 Å². The number of benzene rings is 2. The predicted molar refractivity (Wildman–Crippen MR) is 116 cm³/mol. The molecular formula is C23H18N2O3S. The molecule has 0 spiro atoms. The van der Waals surface area contributed by atoms with Crippen molar-refractivity contribution in [2.45, 2.75) is 13.3 Å². The Bertz CT molecular complexity index is 1110. The molecule has 0 atom stereocenters. The van der Waals surface area contributed by atoms with Gasteiger partial charge in [0.05, 0.1) is 5.69 Å². The molecule has 0 bridgehead atoms. The van der Waals surface area contributed by atoms with Gasteiger partial charge < -0.3 is 4.42 Å². The number of carbonyl (C=O) groups is 2. The topological polar surface area (TPSA) is 62.6 Å². The van der Waals surface area contributed by atoms with Gasteiger partial charge in [0.1, 0.15) is 17.1 Å². The van der Waals surface area contributed by atoms with Crippen LogP contribution in [0.2, 0.25) is 0 Å². The molecule has 4 rings (SSSR count). The first-order valence-electron chi connectivity index (χ1n) is 9.22. The van der Waals surface area contributed by atoms with E-state index in [-0.39, 0.29) is 10.7 Å². The van der Waals surface area contributed by atoms with Gasteiger partial charge in [-0.2, -0.15) is 0 Å². The summed E-state index contributed by atoms with van der Waals surface area (Å²) in [6, 6.07) is 20.6. The van der Waals surface area contributed by atoms with Crippen LogP contribution in [0.15, 0.2) is 76.7 Å². The molecule has 2 heterocycles. The van der Waals surface area contributed by atoms with Gasteiger partial charge >= 0.3 is 0 Å². The minimum atomic E-state index is -0.543. The second-order valence-corrected chi connectivity index (χ2v) is 6.93. The molecule has 1 fully saturated rings. The number of rotatable bonds is 4. The fourth-order valence-corrected chi connectivity index (χ4v) is 3.38. The SMILES string of the molecule is CCc1ccc(N2C(=O)/C(=C/c3ccc(-c4ccccc4)o3)C(=O)NC2=S)cc1. The highest BCUT2D eigenvalue weighted by Gasteiger charge is 2.34. The van der Waals surface area contributed by atoms with Crippen LogP contribution in [0.1, 0.15) is 18.2 Å². The summed E-state index contributed by atoms with van der Waals surface area (Å²) in [5.74, 6) is 0.0415. The quantitative estimate of drug-likeness (QED) is 0.401. The first-order valence-corrected chi connectivity index (χ1v) is 9.63. The zero-order chi connectivity index (χ0) is 20.4. The number of amides is 2. The van der Waals surface area contributed by atoms with Crippen molar-refractivity contribution in [3.05, 3.63) is 83.6 Å². The van der Waals surface area contributed by atoms with Gasteiger partial charge in [0.15, 0.2) is 5.11 Å². The van der Waals surface area contributed by atoms with Crippen molar-refractivity contribution in [3.63, 3.8) is 0 Å². The van der Waals surface area contributed by atoms with Gasteiger partial charge in [0, 0.05) is 5.56 Å². The highest BCUT2D eigenvalue weighted by molar-refractivity contribution is 7.80. The van der Waals surface area contributed by atoms with E-state index in [2.05, 4.69) is 12.2 Å². The Balaban J connectivity index is 1.66. The summed E-state index contributed by atoms with van der Waals surface area (Å²) < 4.78 is 5.81. The van der Waals surface area contributed by atoms with E-state index in [1.165, 1.54) is 11.0 Å². The number of nitrogens with one attached hydrogen (secondary N) is 1. The second-order valence-electron chi connectivity index (χ2n) is 6.55. The van der Waals surface area contributed by atoms with Crippen molar-refractivity contribution < 1.29 is 14.0 Å². The van der Waals surface area contributed by atoms with Gasteiger partial charge in [-0.3, -0.25) is 19.8 Å². The number of aryl methyl sites for hydroxylation is 1. The van der Waals surface area contributed by atoms with Crippen LogP contribution < -0.4 is 10.2 Å². The van der Waals surface area contributed by atoms with E-state index in [9.17, 15) is 9.59 Å². The van der Waals surface area contributed by atoms with E-state index in [0.717, 1.165) is 17.5 Å². The maximum Gasteiger partial charge on any atom is 0.270 e. The molecule has 1 N–H and O–H groups in total. The van der Waals surface area contributed by atoms with Crippen LogP contribution in [0.25, 0.3) is 17.4 Å². The number of carbonyl (C=O) groups excluding carboxylic acids is 2. The lowest BCUT2D eigenvalue weighted by Crippen LogP contribution is -2.54. The van der Waals surface area contributed by atoms with Crippen LogP contribution in [0.3, 0.4) is 0 Å². The maximum absolute atomic E-state index is 13.1. The van der Waals surface area contributed by atoms with E-state index in [1.807, 2.05) is 54.6 Å². The Morgan fingerprint density at radius 3 is 2.41 bits per heavy atom. The maximum atomic E-state index is 13.1. The van der Waals surface area contributed by atoms with Crippen LogP contribution in [0, 0.1) is 0 Å². The monoisotopic (exact) mass is 402 g/mol. The normalized spacial score (nSPS) is 15.7. The molecule has 1 saturated heterocycles. The van der Waals surface area contributed by atoms with Crippen molar-refractivity contribution in [2.24, 2.45) is 0 Å². The molecule has 3 aromatic rings. The van der Waals surface area contributed by atoms with Gasteiger partial charge in [0.2, 0.25) is 0 Å². The summed E-state index contributed by atoms with van der Waals surface area (Å²) in [5, 5.41) is 2.64. The summed E-state index contributed by atoms with van der Waals surface area (Å²) in [6.45, 7) is 2.06. The third kappa shape index (κ3) is 3.75. The number of furan rings is 1. The lowest BCUT2D eigenvalue weighted by atomic mass is 10.1. The largest absolute Gasteiger partial charge is 0.457 e. The first kappa shape index (κ1) is 18.8. The second kappa shape index (κ2) is 7.85. The Morgan fingerprint density at radius 2 is 1.72 bits per heavy atom. The van der Waals surface area contributed by atoms with Gasteiger partial charge in [-0.25, -0.2) is 0 Å². The van der Waals surface area contributed by atoms with Gasteiger partial charge in [-0.1, -0.05) is 49.4 Å². The lowest BCUT2D eigenvalue weighted by molar-refractivity contribution is -0.122. The summed E-state index contributed by atoms with van der Waals surface area (Å²) in [4.78, 5) is 26.8. The zero-order valence-electron chi connectivity index (χ0n) is 15.7. The molecule has 1 aliphatic heterocycles. The van der Waals surface area contributed by atoms with Crippen LogP contribution in [0.4, 0.5) is 5.69 Å². The van der Waals surface area contributed by atoms with Crippen LogP contribution >= 0.6 is 12.2 Å². The molecule has 6 heteroatoms. The molecule has 2 amide bonds. The fourth-order valence-electron chi connectivity index (χ4n) is 3.10. The fraction of sp³-hybridized carbons (Fsp3) is 0.0870. The molecule has 5 nitrogen and oxygen atoms in total. The van der Waals surface area contributed by atoms with Crippen molar-refractivity contribution in [3.8, 4) is 11.3 Å². The predicted octanol–water partition coefficient (Wildman–Crippen LogP) is 4.34.